The van der Waals surface area contributed by atoms with Crippen molar-refractivity contribution in [2.24, 2.45) is 0 Å². The van der Waals surface area contributed by atoms with Crippen molar-refractivity contribution in [1.82, 2.24) is 19.9 Å². The third-order valence-electron chi connectivity index (χ3n) is 5.77. The fraction of sp³-hybridized carbons (Fsp3) is 0.160. The maximum Gasteiger partial charge on any atom is 0.298 e. The van der Waals surface area contributed by atoms with E-state index in [4.69, 9.17) is 16.9 Å². The molecule has 158 valence electrons. The third-order valence-corrected chi connectivity index (χ3v) is 5.77. The van der Waals surface area contributed by atoms with E-state index in [-0.39, 0.29) is 11.8 Å². The number of ether oxygens (including phenoxy) is 1. The summed E-state index contributed by atoms with van der Waals surface area (Å²) in [4.78, 5) is 25.8. The Morgan fingerprint density at radius 2 is 1.88 bits per heavy atom. The molecule has 2 aromatic carbocycles. The minimum absolute atomic E-state index is 0.0959. The maximum atomic E-state index is 11.9. The van der Waals surface area contributed by atoms with Gasteiger partial charge >= 0.3 is 0 Å². The second-order valence-electron chi connectivity index (χ2n) is 7.72. The molecule has 0 saturated carbocycles. The van der Waals surface area contributed by atoms with Crippen LogP contribution in [-0.2, 0) is 4.79 Å². The Balaban J connectivity index is 1.50. The van der Waals surface area contributed by atoms with Gasteiger partial charge in [0, 0.05) is 24.7 Å². The molecule has 0 spiro atoms. The number of fused-ring (bicyclic) bond motifs is 1. The van der Waals surface area contributed by atoms with E-state index in [9.17, 15) is 4.79 Å². The molecule has 3 heterocycles. The van der Waals surface area contributed by atoms with Crippen LogP contribution < -0.4 is 10.5 Å². The van der Waals surface area contributed by atoms with Crippen molar-refractivity contribution >= 4 is 22.6 Å². The van der Waals surface area contributed by atoms with Gasteiger partial charge in [-0.05, 0) is 54.3 Å². The van der Waals surface area contributed by atoms with Gasteiger partial charge in [-0.15, -0.1) is 6.42 Å². The van der Waals surface area contributed by atoms with Crippen LogP contribution in [0.3, 0.4) is 0 Å². The number of hydrogen-bond acceptors (Lipinski definition) is 5. The van der Waals surface area contributed by atoms with Gasteiger partial charge in [-0.25, -0.2) is 9.97 Å². The van der Waals surface area contributed by atoms with E-state index in [0.717, 1.165) is 45.8 Å². The molecule has 5 rings (SSSR count). The van der Waals surface area contributed by atoms with Crippen LogP contribution in [0.5, 0.6) is 11.5 Å². The van der Waals surface area contributed by atoms with Crippen molar-refractivity contribution < 1.29 is 9.53 Å². The molecule has 7 heteroatoms. The van der Waals surface area contributed by atoms with Crippen molar-refractivity contribution in [2.75, 3.05) is 18.8 Å². The van der Waals surface area contributed by atoms with Gasteiger partial charge in [0.05, 0.1) is 16.6 Å². The fourth-order valence-electron chi connectivity index (χ4n) is 4.20. The minimum Gasteiger partial charge on any atom is -0.457 e. The molecule has 2 aromatic heterocycles. The fourth-order valence-corrected chi connectivity index (χ4v) is 4.20. The molecular weight excluding hydrogens is 402 g/mol. The number of aromatic amines is 1. The van der Waals surface area contributed by atoms with E-state index >= 15 is 0 Å². The molecular formula is C25H21N5O2. The van der Waals surface area contributed by atoms with Gasteiger partial charge in [-0.1, -0.05) is 18.2 Å². The number of terminal acetylenes is 1. The van der Waals surface area contributed by atoms with Crippen molar-refractivity contribution in [3.8, 4) is 35.1 Å². The number of rotatable bonds is 4. The number of hydrogen-bond donors (Lipinski definition) is 2. The number of amides is 1. The van der Waals surface area contributed by atoms with Crippen LogP contribution in [0, 0.1) is 12.3 Å². The summed E-state index contributed by atoms with van der Waals surface area (Å²) in [5, 5.41) is 0.779. The number of aromatic nitrogens is 3. The van der Waals surface area contributed by atoms with E-state index in [1.165, 1.54) is 6.33 Å². The summed E-state index contributed by atoms with van der Waals surface area (Å²) in [5.41, 5.74) is 9.76. The number of carbonyl (C=O) groups excluding carboxylic acids is 1. The zero-order chi connectivity index (χ0) is 22.1. The number of benzene rings is 2. The Hall–Kier alpha value is -4.31. The SMILES string of the molecule is C#CC(=O)N1CCC(c2[nH]c(-c3ccc(Oc4ccccc4)cc3)c3c(N)ncnc23)C1. The van der Waals surface area contributed by atoms with Crippen LogP contribution >= 0.6 is 0 Å². The van der Waals surface area contributed by atoms with E-state index in [1.807, 2.05) is 54.6 Å². The number of nitrogens with one attached hydrogen (secondary N) is 1. The molecule has 0 radical (unpaired) electrons. The third kappa shape index (κ3) is 3.52. The zero-order valence-electron chi connectivity index (χ0n) is 17.3. The van der Waals surface area contributed by atoms with Gasteiger partial charge in [-0.2, -0.15) is 0 Å². The standard InChI is InChI=1S/C25H21N5O2/c1-2-20(31)30-13-12-17(14-30)23-24-21(25(26)28-15-27-24)22(29-23)16-8-10-19(11-9-16)32-18-6-4-3-5-7-18/h1,3-11,15,17,29H,12-14H2,(H2,26,27,28). The molecule has 0 aliphatic carbocycles. The molecule has 1 amide bonds. The highest BCUT2D eigenvalue weighted by molar-refractivity contribution is 6.02. The van der Waals surface area contributed by atoms with Crippen LogP contribution in [0.1, 0.15) is 18.0 Å². The molecule has 1 atom stereocenters. The summed E-state index contributed by atoms with van der Waals surface area (Å²) in [6.07, 6.45) is 7.56. The highest BCUT2D eigenvalue weighted by Gasteiger charge is 2.30. The van der Waals surface area contributed by atoms with Gasteiger partial charge in [0.2, 0.25) is 0 Å². The number of carbonyl (C=O) groups is 1. The van der Waals surface area contributed by atoms with Crippen LogP contribution in [0.4, 0.5) is 5.82 Å². The molecule has 1 saturated heterocycles. The number of H-pyrrole nitrogens is 1. The Labute approximate surface area is 185 Å². The highest BCUT2D eigenvalue weighted by Crippen LogP contribution is 2.38. The maximum absolute atomic E-state index is 11.9. The smallest absolute Gasteiger partial charge is 0.298 e. The van der Waals surface area contributed by atoms with Gasteiger partial charge < -0.3 is 20.4 Å². The molecule has 4 aromatic rings. The first-order valence-electron chi connectivity index (χ1n) is 10.3. The number of nitrogens with zero attached hydrogens (tertiary/aromatic N) is 3. The molecule has 32 heavy (non-hydrogen) atoms. The molecule has 7 nitrogen and oxygen atoms in total. The molecule has 3 N–H and O–H groups in total. The second-order valence-corrected chi connectivity index (χ2v) is 7.72. The average molecular weight is 423 g/mol. The van der Waals surface area contributed by atoms with Crippen molar-refractivity contribution in [3.63, 3.8) is 0 Å². The first-order valence-corrected chi connectivity index (χ1v) is 10.3. The van der Waals surface area contributed by atoms with Gasteiger partial charge in [0.1, 0.15) is 23.6 Å². The summed E-state index contributed by atoms with van der Waals surface area (Å²) in [6.45, 7) is 1.17. The van der Waals surface area contributed by atoms with Crippen LogP contribution in [0.25, 0.3) is 22.2 Å². The summed E-state index contributed by atoms with van der Waals surface area (Å²) >= 11 is 0. The number of nitrogens with two attached hydrogens (primary N) is 1. The lowest BCUT2D eigenvalue weighted by Crippen LogP contribution is -2.26. The Morgan fingerprint density at radius 1 is 1.12 bits per heavy atom. The van der Waals surface area contributed by atoms with Crippen LogP contribution in [-0.4, -0.2) is 38.8 Å². The predicted molar refractivity (Wildman–Crippen MR) is 123 cm³/mol. The number of nitrogen functional groups attached to an aromatic ring is 1. The second kappa shape index (κ2) is 8.08. The Kier molecular flexibility index (Phi) is 4.96. The van der Waals surface area contributed by atoms with Crippen molar-refractivity contribution in [3.05, 3.63) is 66.6 Å². The van der Waals surface area contributed by atoms with Crippen molar-refractivity contribution in [2.45, 2.75) is 12.3 Å². The molecule has 1 unspecified atom stereocenters. The van der Waals surface area contributed by atoms with Crippen LogP contribution in [0.2, 0.25) is 0 Å². The van der Waals surface area contributed by atoms with Gasteiger partial charge in [-0.3, -0.25) is 4.79 Å². The van der Waals surface area contributed by atoms with Crippen LogP contribution in [0.15, 0.2) is 60.9 Å². The molecule has 1 aliphatic heterocycles. The summed E-state index contributed by atoms with van der Waals surface area (Å²) < 4.78 is 5.90. The first kappa shape index (κ1) is 19.6. The minimum atomic E-state index is -0.285. The number of likely N-dealkylation sites (tertiary alicyclic amines) is 1. The van der Waals surface area contributed by atoms with Gasteiger partial charge in [0.25, 0.3) is 5.91 Å². The Morgan fingerprint density at radius 3 is 2.62 bits per heavy atom. The van der Waals surface area contributed by atoms with Crippen molar-refractivity contribution in [1.29, 1.82) is 0 Å². The predicted octanol–water partition coefficient (Wildman–Crippen LogP) is 3.95. The molecule has 1 fully saturated rings. The zero-order valence-corrected chi connectivity index (χ0v) is 17.3. The van der Waals surface area contributed by atoms with E-state index < -0.39 is 0 Å². The quantitative estimate of drug-likeness (QED) is 0.485. The van der Waals surface area contributed by atoms with Gasteiger partial charge in [0.15, 0.2) is 0 Å². The highest BCUT2D eigenvalue weighted by atomic mass is 16.5. The lowest BCUT2D eigenvalue weighted by Gasteiger charge is -2.12. The number of para-hydroxylation sites is 1. The monoisotopic (exact) mass is 423 g/mol. The summed E-state index contributed by atoms with van der Waals surface area (Å²) in [6, 6.07) is 17.4. The Bertz CT molecular complexity index is 1320. The van der Waals surface area contributed by atoms with E-state index in [1.54, 1.807) is 4.90 Å². The number of anilines is 1. The summed E-state index contributed by atoms with van der Waals surface area (Å²) in [7, 11) is 0. The largest absolute Gasteiger partial charge is 0.457 e. The summed E-state index contributed by atoms with van der Waals surface area (Å²) in [5.74, 6) is 3.93. The topological polar surface area (TPSA) is 97.1 Å². The lowest BCUT2D eigenvalue weighted by molar-refractivity contribution is -0.124. The lowest BCUT2D eigenvalue weighted by atomic mass is 10.0. The molecule has 0 bridgehead atoms. The first-order chi connectivity index (χ1) is 15.6. The average Bonchev–Trinajstić information content (AvgIpc) is 3.46. The normalized spacial score (nSPS) is 15.6. The van der Waals surface area contributed by atoms with E-state index in [0.29, 0.717) is 18.9 Å². The molecule has 1 aliphatic rings. The van der Waals surface area contributed by atoms with E-state index in [2.05, 4.69) is 20.9 Å².